The molecule has 0 saturated carbocycles. The summed E-state index contributed by atoms with van der Waals surface area (Å²) < 4.78 is 0. The summed E-state index contributed by atoms with van der Waals surface area (Å²) in [5.74, 6) is 0.841. The Balaban J connectivity index is 3.26. The number of nitriles is 1. The first kappa shape index (κ1) is 10.7. The van der Waals surface area contributed by atoms with Crippen molar-refractivity contribution >= 4 is 0 Å². The smallest absolute Gasteiger partial charge is 0.140 e. The average Bonchev–Trinajstić information content (AvgIpc) is 2.16. The number of hydrogen-bond acceptors (Lipinski definition) is 2. The molecule has 0 spiro atoms. The summed E-state index contributed by atoms with van der Waals surface area (Å²) in [6, 6.07) is 5.89. The molecule has 0 bridgehead atoms. The predicted molar refractivity (Wildman–Crippen MR) is 57.1 cm³/mol. The minimum absolute atomic E-state index is 0.376. The zero-order valence-electron chi connectivity index (χ0n) is 9.20. The fourth-order valence-electron chi connectivity index (χ4n) is 1.50. The highest BCUT2D eigenvalue weighted by Crippen LogP contribution is 2.24. The minimum atomic E-state index is 0.376. The first-order valence-electron chi connectivity index (χ1n) is 4.97. The van der Waals surface area contributed by atoms with Crippen LogP contribution in [0, 0.1) is 11.3 Å². The molecule has 0 unspecified atom stereocenters. The van der Waals surface area contributed by atoms with Gasteiger partial charge >= 0.3 is 0 Å². The average molecular weight is 188 g/mol. The van der Waals surface area contributed by atoms with Gasteiger partial charge in [-0.1, -0.05) is 33.8 Å². The van der Waals surface area contributed by atoms with Crippen LogP contribution in [-0.4, -0.2) is 4.98 Å². The van der Waals surface area contributed by atoms with Gasteiger partial charge in [-0.05, 0) is 23.5 Å². The van der Waals surface area contributed by atoms with Gasteiger partial charge in [-0.2, -0.15) is 5.26 Å². The molecule has 0 aromatic carbocycles. The zero-order valence-corrected chi connectivity index (χ0v) is 9.20. The van der Waals surface area contributed by atoms with Gasteiger partial charge in [-0.15, -0.1) is 0 Å². The lowest BCUT2D eigenvalue weighted by molar-refractivity contribution is 0.755. The van der Waals surface area contributed by atoms with Crippen LogP contribution in [0.4, 0.5) is 0 Å². The summed E-state index contributed by atoms with van der Waals surface area (Å²) in [4.78, 5) is 4.35. The van der Waals surface area contributed by atoms with Gasteiger partial charge in [-0.25, -0.2) is 4.98 Å². The van der Waals surface area contributed by atoms with E-state index in [0.717, 1.165) is 5.69 Å². The van der Waals surface area contributed by atoms with E-state index in [2.05, 4.69) is 38.7 Å². The molecule has 0 saturated heterocycles. The van der Waals surface area contributed by atoms with Crippen molar-refractivity contribution in [3.8, 4) is 6.07 Å². The SMILES string of the molecule is CC(C)c1ccc(C#N)nc1C(C)C. The van der Waals surface area contributed by atoms with Crippen molar-refractivity contribution in [2.45, 2.75) is 39.5 Å². The van der Waals surface area contributed by atoms with E-state index in [1.54, 1.807) is 6.07 Å². The highest BCUT2D eigenvalue weighted by atomic mass is 14.7. The van der Waals surface area contributed by atoms with E-state index in [-0.39, 0.29) is 0 Å². The molecule has 2 heteroatoms. The van der Waals surface area contributed by atoms with Crippen LogP contribution in [0.1, 0.15) is 56.5 Å². The summed E-state index contributed by atoms with van der Waals surface area (Å²) in [6.07, 6.45) is 0. The van der Waals surface area contributed by atoms with Gasteiger partial charge in [0.1, 0.15) is 11.8 Å². The lowest BCUT2D eigenvalue weighted by Crippen LogP contribution is -2.03. The maximum atomic E-state index is 8.76. The van der Waals surface area contributed by atoms with E-state index in [4.69, 9.17) is 5.26 Å². The molecule has 0 N–H and O–H groups in total. The number of hydrogen-bond donors (Lipinski definition) is 0. The first-order chi connectivity index (χ1) is 6.56. The van der Waals surface area contributed by atoms with Crippen LogP contribution in [0.15, 0.2) is 12.1 Å². The van der Waals surface area contributed by atoms with Gasteiger partial charge in [0.15, 0.2) is 0 Å². The van der Waals surface area contributed by atoms with Crippen LogP contribution in [-0.2, 0) is 0 Å². The van der Waals surface area contributed by atoms with Crippen LogP contribution < -0.4 is 0 Å². The van der Waals surface area contributed by atoms with Crippen LogP contribution in [0.3, 0.4) is 0 Å². The van der Waals surface area contributed by atoms with E-state index in [1.807, 2.05) is 6.07 Å². The molecule has 0 aliphatic rings. The molecule has 0 fully saturated rings. The Morgan fingerprint density at radius 1 is 1.14 bits per heavy atom. The van der Waals surface area contributed by atoms with Gasteiger partial charge in [0.05, 0.1) is 0 Å². The lowest BCUT2D eigenvalue weighted by atomic mass is 9.95. The molecule has 0 atom stereocenters. The third kappa shape index (κ3) is 2.11. The van der Waals surface area contributed by atoms with Crippen molar-refractivity contribution in [3.63, 3.8) is 0 Å². The Morgan fingerprint density at radius 2 is 1.79 bits per heavy atom. The van der Waals surface area contributed by atoms with Crippen molar-refractivity contribution in [2.75, 3.05) is 0 Å². The van der Waals surface area contributed by atoms with E-state index in [1.165, 1.54) is 5.56 Å². The maximum Gasteiger partial charge on any atom is 0.140 e. The van der Waals surface area contributed by atoms with Gasteiger partial charge in [-0.3, -0.25) is 0 Å². The molecule has 1 heterocycles. The predicted octanol–water partition coefficient (Wildman–Crippen LogP) is 3.20. The number of nitrogens with zero attached hydrogens (tertiary/aromatic N) is 2. The van der Waals surface area contributed by atoms with Crippen LogP contribution in [0.25, 0.3) is 0 Å². The fourth-order valence-corrected chi connectivity index (χ4v) is 1.50. The topological polar surface area (TPSA) is 36.7 Å². The number of rotatable bonds is 2. The standard InChI is InChI=1S/C12H16N2/c1-8(2)11-6-5-10(7-13)14-12(11)9(3)4/h5-6,8-9H,1-4H3. The third-order valence-corrected chi connectivity index (χ3v) is 2.24. The van der Waals surface area contributed by atoms with Crippen LogP contribution in [0.2, 0.25) is 0 Å². The lowest BCUT2D eigenvalue weighted by Gasteiger charge is -2.14. The van der Waals surface area contributed by atoms with Gasteiger partial charge in [0, 0.05) is 5.69 Å². The normalized spacial score (nSPS) is 10.6. The largest absolute Gasteiger partial charge is 0.242 e. The monoisotopic (exact) mass is 188 g/mol. The van der Waals surface area contributed by atoms with E-state index in [0.29, 0.717) is 17.5 Å². The summed E-state index contributed by atoms with van der Waals surface area (Å²) in [5.41, 5.74) is 2.82. The molecular weight excluding hydrogens is 172 g/mol. The molecule has 1 rings (SSSR count). The molecule has 14 heavy (non-hydrogen) atoms. The zero-order chi connectivity index (χ0) is 10.7. The first-order valence-corrected chi connectivity index (χ1v) is 4.97. The molecule has 0 aliphatic heterocycles. The Bertz CT molecular complexity index is 359. The second-order valence-corrected chi connectivity index (χ2v) is 4.09. The van der Waals surface area contributed by atoms with Gasteiger partial charge in [0.2, 0.25) is 0 Å². The number of pyridine rings is 1. The molecule has 0 radical (unpaired) electrons. The van der Waals surface area contributed by atoms with Crippen molar-refractivity contribution in [2.24, 2.45) is 0 Å². The van der Waals surface area contributed by atoms with Crippen LogP contribution in [0.5, 0.6) is 0 Å². The summed E-state index contributed by atoms with van der Waals surface area (Å²) in [6.45, 7) is 8.51. The minimum Gasteiger partial charge on any atom is -0.242 e. The highest BCUT2D eigenvalue weighted by molar-refractivity contribution is 5.32. The van der Waals surface area contributed by atoms with E-state index < -0.39 is 0 Å². The molecule has 2 nitrogen and oxygen atoms in total. The quantitative estimate of drug-likeness (QED) is 0.714. The van der Waals surface area contributed by atoms with Crippen molar-refractivity contribution in [1.29, 1.82) is 5.26 Å². The Morgan fingerprint density at radius 3 is 2.21 bits per heavy atom. The van der Waals surface area contributed by atoms with Crippen molar-refractivity contribution in [3.05, 3.63) is 29.1 Å². The maximum absolute atomic E-state index is 8.76. The van der Waals surface area contributed by atoms with Gasteiger partial charge < -0.3 is 0 Å². The molecule has 0 aliphatic carbocycles. The molecular formula is C12H16N2. The van der Waals surface area contributed by atoms with E-state index >= 15 is 0 Å². The number of aromatic nitrogens is 1. The summed E-state index contributed by atoms with van der Waals surface area (Å²) >= 11 is 0. The summed E-state index contributed by atoms with van der Waals surface area (Å²) in [7, 11) is 0. The second-order valence-electron chi connectivity index (χ2n) is 4.09. The van der Waals surface area contributed by atoms with Gasteiger partial charge in [0.25, 0.3) is 0 Å². The molecule has 74 valence electrons. The fraction of sp³-hybridized carbons (Fsp3) is 0.500. The van der Waals surface area contributed by atoms with Crippen molar-refractivity contribution in [1.82, 2.24) is 4.98 Å². The van der Waals surface area contributed by atoms with E-state index in [9.17, 15) is 0 Å². The molecule has 1 aromatic heterocycles. The Hall–Kier alpha value is -1.36. The second kappa shape index (κ2) is 4.23. The summed E-state index contributed by atoms with van der Waals surface area (Å²) in [5, 5.41) is 8.76. The Kier molecular flexibility index (Phi) is 3.24. The molecule has 1 aromatic rings. The molecule has 0 amide bonds. The Labute approximate surface area is 85.6 Å². The van der Waals surface area contributed by atoms with Crippen LogP contribution >= 0.6 is 0 Å². The van der Waals surface area contributed by atoms with Crippen molar-refractivity contribution < 1.29 is 0 Å². The third-order valence-electron chi connectivity index (χ3n) is 2.24. The highest BCUT2D eigenvalue weighted by Gasteiger charge is 2.11.